The van der Waals surface area contributed by atoms with E-state index in [0.717, 1.165) is 37.7 Å². The van der Waals surface area contributed by atoms with Crippen molar-refractivity contribution >= 4 is 22.4 Å². The summed E-state index contributed by atoms with van der Waals surface area (Å²) < 4.78 is 5.33. The molecule has 0 aliphatic carbocycles. The number of ether oxygens (including phenoxy) is 1. The van der Waals surface area contributed by atoms with E-state index in [0.29, 0.717) is 11.6 Å². The van der Waals surface area contributed by atoms with E-state index < -0.39 is 11.4 Å². The monoisotopic (exact) mass is 284 g/mol. The number of aliphatic carboxylic acids is 1. The molecule has 5 nitrogen and oxygen atoms in total. The average Bonchev–Trinajstić information content (AvgIpc) is 2.99. The number of hydrogen-bond donors (Lipinski definition) is 2. The Labute approximate surface area is 117 Å². The minimum atomic E-state index is -0.935. The van der Waals surface area contributed by atoms with Gasteiger partial charge in [0.15, 0.2) is 5.13 Å². The van der Waals surface area contributed by atoms with Crippen molar-refractivity contribution in [3.05, 3.63) is 11.1 Å². The molecule has 2 heterocycles. The van der Waals surface area contributed by atoms with E-state index in [1.165, 1.54) is 11.3 Å². The molecule has 19 heavy (non-hydrogen) atoms. The van der Waals surface area contributed by atoms with Crippen molar-refractivity contribution in [1.82, 2.24) is 4.98 Å². The predicted octanol–water partition coefficient (Wildman–Crippen LogP) is 2.34. The van der Waals surface area contributed by atoms with Gasteiger partial charge in [0, 0.05) is 25.1 Å². The third kappa shape index (κ3) is 3.45. The highest BCUT2D eigenvalue weighted by molar-refractivity contribution is 7.13. The van der Waals surface area contributed by atoms with Crippen molar-refractivity contribution in [3.8, 4) is 0 Å². The van der Waals surface area contributed by atoms with Crippen molar-refractivity contribution < 1.29 is 14.6 Å². The van der Waals surface area contributed by atoms with Crippen molar-refractivity contribution in [1.29, 1.82) is 0 Å². The number of rotatable bonds is 6. The Morgan fingerprint density at radius 1 is 1.68 bits per heavy atom. The van der Waals surface area contributed by atoms with E-state index in [4.69, 9.17) is 9.84 Å². The Bertz CT molecular complexity index is 439. The van der Waals surface area contributed by atoms with Crippen LogP contribution in [0, 0.1) is 5.92 Å². The summed E-state index contributed by atoms with van der Waals surface area (Å²) in [6.07, 6.45) is 2.20. The lowest BCUT2D eigenvalue weighted by atomic mass is 9.90. The van der Waals surface area contributed by atoms with E-state index in [2.05, 4.69) is 10.3 Å². The first-order valence-corrected chi connectivity index (χ1v) is 7.39. The summed E-state index contributed by atoms with van der Waals surface area (Å²) in [5, 5.41) is 15.0. The molecule has 1 fully saturated rings. The van der Waals surface area contributed by atoms with Gasteiger partial charge >= 0.3 is 5.97 Å². The maximum Gasteiger partial charge on any atom is 0.315 e. The van der Waals surface area contributed by atoms with Crippen LogP contribution in [0.3, 0.4) is 0 Å². The van der Waals surface area contributed by atoms with Gasteiger partial charge in [0.05, 0.1) is 5.69 Å². The minimum Gasteiger partial charge on any atom is -0.481 e. The highest BCUT2D eigenvalue weighted by atomic mass is 32.1. The summed E-state index contributed by atoms with van der Waals surface area (Å²) >= 11 is 1.46. The van der Waals surface area contributed by atoms with Crippen LogP contribution in [0.1, 0.15) is 32.4 Å². The predicted molar refractivity (Wildman–Crippen MR) is 74.8 cm³/mol. The van der Waals surface area contributed by atoms with E-state index >= 15 is 0 Å². The number of thiazole rings is 1. The number of nitrogens with zero attached hydrogens (tertiary/aromatic N) is 1. The molecule has 1 aromatic heterocycles. The first kappa shape index (κ1) is 14.3. The average molecular weight is 284 g/mol. The molecular formula is C13H20N2O3S. The Balaban J connectivity index is 1.85. The third-order valence-electron chi connectivity index (χ3n) is 3.53. The number of carboxylic acids is 1. The number of carbonyl (C=O) groups is 1. The van der Waals surface area contributed by atoms with Crippen LogP contribution in [-0.2, 0) is 14.9 Å². The smallest absolute Gasteiger partial charge is 0.315 e. The fraction of sp³-hybridized carbons (Fsp3) is 0.692. The number of anilines is 1. The summed E-state index contributed by atoms with van der Waals surface area (Å²) in [5.41, 5.74) is -0.327. The van der Waals surface area contributed by atoms with Crippen LogP contribution >= 0.6 is 11.3 Å². The summed E-state index contributed by atoms with van der Waals surface area (Å²) in [6, 6.07) is 0. The first-order chi connectivity index (χ1) is 9.00. The molecule has 0 radical (unpaired) electrons. The Morgan fingerprint density at radius 2 is 2.47 bits per heavy atom. The second-order valence-electron chi connectivity index (χ2n) is 5.41. The highest BCUT2D eigenvalue weighted by Crippen LogP contribution is 2.27. The molecule has 0 saturated carbocycles. The van der Waals surface area contributed by atoms with Crippen molar-refractivity contribution in [2.75, 3.05) is 25.1 Å². The van der Waals surface area contributed by atoms with Crippen LogP contribution in [0.4, 0.5) is 5.13 Å². The lowest BCUT2D eigenvalue weighted by molar-refractivity contribution is -0.142. The van der Waals surface area contributed by atoms with Crippen molar-refractivity contribution in [2.24, 2.45) is 5.92 Å². The summed E-state index contributed by atoms with van der Waals surface area (Å²) in [6.45, 7) is 5.93. The fourth-order valence-electron chi connectivity index (χ4n) is 1.95. The Hall–Kier alpha value is -1.14. The normalized spacial score (nSPS) is 19.6. The molecule has 1 aliphatic heterocycles. The summed E-state index contributed by atoms with van der Waals surface area (Å²) in [5.74, 6) is -0.213. The van der Waals surface area contributed by atoms with Crippen LogP contribution in [-0.4, -0.2) is 35.8 Å². The first-order valence-electron chi connectivity index (χ1n) is 6.51. The maximum absolute atomic E-state index is 11.1. The summed E-state index contributed by atoms with van der Waals surface area (Å²) in [7, 11) is 0. The standard InChI is InChI=1S/C13H20N2O3S/c1-13(2,11(16)17)10-8-19-12(15-10)14-5-3-9-4-6-18-7-9/h8-9H,3-7H2,1-2H3,(H,14,15)(H,16,17). The molecule has 1 unspecified atom stereocenters. The Kier molecular flexibility index (Phi) is 4.42. The lowest BCUT2D eigenvalue weighted by Crippen LogP contribution is -2.28. The lowest BCUT2D eigenvalue weighted by Gasteiger charge is -2.15. The molecule has 6 heteroatoms. The zero-order chi connectivity index (χ0) is 13.9. The molecule has 0 bridgehead atoms. The molecule has 2 N–H and O–H groups in total. The van der Waals surface area contributed by atoms with Crippen LogP contribution in [0.5, 0.6) is 0 Å². The van der Waals surface area contributed by atoms with Crippen molar-refractivity contribution in [3.63, 3.8) is 0 Å². The molecule has 0 spiro atoms. The quantitative estimate of drug-likeness (QED) is 0.839. The van der Waals surface area contributed by atoms with Gasteiger partial charge in [-0.25, -0.2) is 4.98 Å². The van der Waals surface area contributed by atoms with Gasteiger partial charge in [0.1, 0.15) is 5.41 Å². The van der Waals surface area contributed by atoms with Crippen LogP contribution in [0.2, 0.25) is 0 Å². The molecule has 2 rings (SSSR count). The molecule has 106 valence electrons. The van der Waals surface area contributed by atoms with E-state index in [9.17, 15) is 4.79 Å². The van der Waals surface area contributed by atoms with Crippen LogP contribution < -0.4 is 5.32 Å². The van der Waals surface area contributed by atoms with Gasteiger partial charge in [0.25, 0.3) is 0 Å². The van der Waals surface area contributed by atoms with E-state index in [1.54, 1.807) is 13.8 Å². The van der Waals surface area contributed by atoms with Gasteiger partial charge in [-0.1, -0.05) is 0 Å². The third-order valence-corrected chi connectivity index (χ3v) is 4.33. The maximum atomic E-state index is 11.1. The molecular weight excluding hydrogens is 264 g/mol. The molecule has 1 aromatic rings. The van der Waals surface area contributed by atoms with Gasteiger partial charge in [-0.2, -0.15) is 0 Å². The minimum absolute atomic E-state index is 0.608. The zero-order valence-corrected chi connectivity index (χ0v) is 12.1. The van der Waals surface area contributed by atoms with Crippen molar-refractivity contribution in [2.45, 2.75) is 32.1 Å². The number of carboxylic acid groups (broad SMARTS) is 1. The SMILES string of the molecule is CC(C)(C(=O)O)c1csc(NCCC2CCOC2)n1. The Morgan fingerprint density at radius 3 is 3.11 bits per heavy atom. The molecule has 0 amide bonds. The largest absolute Gasteiger partial charge is 0.481 e. The zero-order valence-electron chi connectivity index (χ0n) is 11.3. The van der Waals surface area contributed by atoms with E-state index in [-0.39, 0.29) is 0 Å². The van der Waals surface area contributed by atoms with Gasteiger partial charge in [-0.05, 0) is 32.6 Å². The number of aromatic nitrogens is 1. The van der Waals surface area contributed by atoms with Crippen LogP contribution in [0.15, 0.2) is 5.38 Å². The molecule has 1 aliphatic rings. The molecule has 0 aromatic carbocycles. The fourth-order valence-corrected chi connectivity index (χ4v) is 2.85. The second-order valence-corrected chi connectivity index (χ2v) is 6.27. The molecule has 1 saturated heterocycles. The topological polar surface area (TPSA) is 71.5 Å². The van der Waals surface area contributed by atoms with Gasteiger partial charge in [-0.15, -0.1) is 11.3 Å². The second kappa shape index (κ2) is 5.88. The molecule has 1 atom stereocenters. The van der Waals surface area contributed by atoms with Gasteiger partial charge in [0.2, 0.25) is 0 Å². The number of nitrogens with one attached hydrogen (secondary N) is 1. The number of hydrogen-bond acceptors (Lipinski definition) is 5. The summed E-state index contributed by atoms with van der Waals surface area (Å²) in [4.78, 5) is 15.5. The van der Waals surface area contributed by atoms with E-state index in [1.807, 2.05) is 5.38 Å². The highest BCUT2D eigenvalue weighted by Gasteiger charge is 2.32. The van der Waals surface area contributed by atoms with Crippen LogP contribution in [0.25, 0.3) is 0 Å². The van der Waals surface area contributed by atoms with Gasteiger partial charge < -0.3 is 15.2 Å². The van der Waals surface area contributed by atoms with Gasteiger partial charge in [-0.3, -0.25) is 4.79 Å².